The summed E-state index contributed by atoms with van der Waals surface area (Å²) in [6.45, 7) is 0. The van der Waals surface area contributed by atoms with Gasteiger partial charge in [0.05, 0.1) is 16.8 Å². The van der Waals surface area contributed by atoms with E-state index in [1.54, 1.807) is 18.3 Å². The maximum atomic E-state index is 11.1. The molecule has 0 atom stereocenters. The van der Waals surface area contributed by atoms with Crippen LogP contribution in [-0.4, -0.2) is 14.9 Å². The number of pyridine rings is 1. The fourth-order valence-electron chi connectivity index (χ4n) is 2.89. The topological polar surface area (TPSA) is 97.8 Å². The molecule has 4 aromatic rings. The number of hydrogen-bond donors (Lipinski definition) is 2. The SMILES string of the molecule is Nc1cnc2[nH]c3ccc([N+](=O)[O-])cc3c2c1-c1ccccc1. The van der Waals surface area contributed by atoms with Gasteiger partial charge in [-0.25, -0.2) is 4.98 Å². The van der Waals surface area contributed by atoms with Gasteiger partial charge in [-0.15, -0.1) is 0 Å². The van der Waals surface area contributed by atoms with E-state index < -0.39 is 4.92 Å². The molecule has 4 rings (SSSR count). The Labute approximate surface area is 130 Å². The number of aromatic amines is 1. The molecule has 0 aliphatic rings. The Morgan fingerprint density at radius 2 is 1.91 bits per heavy atom. The van der Waals surface area contributed by atoms with Gasteiger partial charge >= 0.3 is 0 Å². The molecule has 0 radical (unpaired) electrons. The van der Waals surface area contributed by atoms with E-state index in [2.05, 4.69) is 9.97 Å². The van der Waals surface area contributed by atoms with E-state index in [1.165, 1.54) is 6.07 Å². The summed E-state index contributed by atoms with van der Waals surface area (Å²) in [5.41, 5.74) is 9.97. The number of fused-ring (bicyclic) bond motifs is 3. The average molecular weight is 304 g/mol. The molecule has 0 aliphatic heterocycles. The predicted molar refractivity (Wildman–Crippen MR) is 90.1 cm³/mol. The normalized spacial score (nSPS) is 11.1. The zero-order valence-corrected chi connectivity index (χ0v) is 12.0. The van der Waals surface area contributed by atoms with Crippen LogP contribution in [0, 0.1) is 10.1 Å². The van der Waals surface area contributed by atoms with E-state index in [-0.39, 0.29) is 5.69 Å². The molecule has 6 heteroatoms. The minimum Gasteiger partial charge on any atom is -0.397 e. The molecule has 0 unspecified atom stereocenters. The highest BCUT2D eigenvalue weighted by Gasteiger charge is 2.16. The number of nitrogens with zero attached hydrogens (tertiary/aromatic N) is 2. The Morgan fingerprint density at radius 3 is 2.65 bits per heavy atom. The van der Waals surface area contributed by atoms with Gasteiger partial charge in [-0.1, -0.05) is 30.3 Å². The van der Waals surface area contributed by atoms with Crippen molar-refractivity contribution in [3.05, 3.63) is 64.8 Å². The Morgan fingerprint density at radius 1 is 1.13 bits per heavy atom. The Hall–Kier alpha value is -3.41. The van der Waals surface area contributed by atoms with Gasteiger partial charge in [-0.3, -0.25) is 10.1 Å². The lowest BCUT2D eigenvalue weighted by Gasteiger charge is -2.07. The zero-order valence-electron chi connectivity index (χ0n) is 12.0. The summed E-state index contributed by atoms with van der Waals surface area (Å²) in [5.74, 6) is 0. The lowest BCUT2D eigenvalue weighted by atomic mass is 10.00. The zero-order chi connectivity index (χ0) is 16.0. The van der Waals surface area contributed by atoms with Crippen molar-refractivity contribution in [1.82, 2.24) is 9.97 Å². The molecule has 2 aromatic carbocycles. The van der Waals surface area contributed by atoms with Gasteiger partial charge in [-0.2, -0.15) is 0 Å². The second-order valence-corrected chi connectivity index (χ2v) is 5.29. The van der Waals surface area contributed by atoms with Gasteiger partial charge in [0.25, 0.3) is 5.69 Å². The van der Waals surface area contributed by atoms with Crippen molar-refractivity contribution in [3.63, 3.8) is 0 Å². The molecule has 0 amide bonds. The number of aromatic nitrogens is 2. The average Bonchev–Trinajstić information content (AvgIpc) is 2.93. The number of benzene rings is 2. The van der Waals surface area contributed by atoms with E-state index in [9.17, 15) is 10.1 Å². The van der Waals surface area contributed by atoms with Crippen molar-refractivity contribution in [2.45, 2.75) is 0 Å². The first-order valence-electron chi connectivity index (χ1n) is 7.05. The smallest absolute Gasteiger partial charge is 0.270 e. The number of nitro groups is 1. The second kappa shape index (κ2) is 4.81. The molecule has 3 N–H and O–H groups in total. The fraction of sp³-hybridized carbons (Fsp3) is 0. The van der Waals surface area contributed by atoms with E-state index in [1.807, 2.05) is 30.3 Å². The Bertz CT molecular complexity index is 1050. The highest BCUT2D eigenvalue weighted by Crippen LogP contribution is 2.38. The van der Waals surface area contributed by atoms with Gasteiger partial charge in [0.2, 0.25) is 0 Å². The maximum Gasteiger partial charge on any atom is 0.270 e. The molecule has 0 aliphatic carbocycles. The first-order valence-corrected chi connectivity index (χ1v) is 7.05. The molecular weight excluding hydrogens is 292 g/mol. The molecule has 23 heavy (non-hydrogen) atoms. The lowest BCUT2D eigenvalue weighted by molar-refractivity contribution is -0.384. The molecular formula is C17H12N4O2. The van der Waals surface area contributed by atoms with E-state index >= 15 is 0 Å². The molecule has 112 valence electrons. The van der Waals surface area contributed by atoms with Crippen LogP contribution in [0.1, 0.15) is 0 Å². The molecule has 0 spiro atoms. The van der Waals surface area contributed by atoms with E-state index in [0.29, 0.717) is 11.3 Å². The number of non-ortho nitro benzene ring substituents is 1. The minimum atomic E-state index is -0.403. The summed E-state index contributed by atoms with van der Waals surface area (Å²) in [7, 11) is 0. The van der Waals surface area contributed by atoms with Gasteiger partial charge in [0.1, 0.15) is 5.65 Å². The van der Waals surface area contributed by atoms with Crippen molar-refractivity contribution in [3.8, 4) is 11.1 Å². The molecule has 0 saturated heterocycles. The largest absolute Gasteiger partial charge is 0.397 e. The first-order chi connectivity index (χ1) is 11.1. The summed E-state index contributed by atoms with van der Waals surface area (Å²) in [6, 6.07) is 14.4. The van der Waals surface area contributed by atoms with Crippen LogP contribution in [0.5, 0.6) is 0 Å². The van der Waals surface area contributed by atoms with Crippen LogP contribution >= 0.6 is 0 Å². The second-order valence-electron chi connectivity index (χ2n) is 5.29. The maximum absolute atomic E-state index is 11.1. The fourth-order valence-corrected chi connectivity index (χ4v) is 2.89. The van der Waals surface area contributed by atoms with Crippen LogP contribution in [0.15, 0.2) is 54.7 Å². The van der Waals surface area contributed by atoms with Gasteiger partial charge in [0, 0.05) is 34.0 Å². The van der Waals surface area contributed by atoms with Crippen LogP contribution in [0.2, 0.25) is 0 Å². The van der Waals surface area contributed by atoms with Crippen LogP contribution in [0.4, 0.5) is 11.4 Å². The summed E-state index contributed by atoms with van der Waals surface area (Å²) in [6.07, 6.45) is 1.61. The predicted octanol–water partition coefficient (Wildman–Crippen LogP) is 3.87. The number of H-pyrrole nitrogens is 1. The van der Waals surface area contributed by atoms with Crippen molar-refractivity contribution < 1.29 is 4.92 Å². The third-order valence-electron chi connectivity index (χ3n) is 3.91. The summed E-state index contributed by atoms with van der Waals surface area (Å²) in [4.78, 5) is 18.2. The van der Waals surface area contributed by atoms with Crippen molar-refractivity contribution in [2.24, 2.45) is 0 Å². The third kappa shape index (κ3) is 2.00. The third-order valence-corrected chi connectivity index (χ3v) is 3.91. The highest BCUT2D eigenvalue weighted by atomic mass is 16.6. The molecule has 0 bridgehead atoms. The number of nitrogens with two attached hydrogens (primary N) is 1. The lowest BCUT2D eigenvalue weighted by Crippen LogP contribution is -1.93. The summed E-state index contributed by atoms with van der Waals surface area (Å²) < 4.78 is 0. The number of nitrogens with one attached hydrogen (secondary N) is 1. The number of anilines is 1. The number of hydrogen-bond acceptors (Lipinski definition) is 4. The monoisotopic (exact) mass is 304 g/mol. The van der Waals surface area contributed by atoms with Crippen LogP contribution < -0.4 is 5.73 Å². The van der Waals surface area contributed by atoms with Crippen molar-refractivity contribution >= 4 is 33.3 Å². The van der Waals surface area contributed by atoms with Crippen LogP contribution in [-0.2, 0) is 0 Å². The van der Waals surface area contributed by atoms with Gasteiger partial charge in [0.15, 0.2) is 0 Å². The Balaban J connectivity index is 2.16. The number of rotatable bonds is 2. The van der Waals surface area contributed by atoms with E-state index in [0.717, 1.165) is 27.4 Å². The molecule has 2 aromatic heterocycles. The standard InChI is InChI=1S/C17H12N4O2/c18-13-9-19-17-16(15(13)10-4-2-1-3-5-10)12-8-11(21(22)23)6-7-14(12)20-17/h1-9H,18H2,(H,19,20). The minimum absolute atomic E-state index is 0.0415. The molecule has 6 nitrogen and oxygen atoms in total. The number of nitrogen functional groups attached to an aromatic ring is 1. The van der Waals surface area contributed by atoms with Crippen molar-refractivity contribution in [2.75, 3.05) is 5.73 Å². The number of nitro benzene ring substituents is 1. The van der Waals surface area contributed by atoms with E-state index in [4.69, 9.17) is 5.73 Å². The van der Waals surface area contributed by atoms with Crippen molar-refractivity contribution in [1.29, 1.82) is 0 Å². The van der Waals surface area contributed by atoms with Crippen LogP contribution in [0.25, 0.3) is 33.1 Å². The highest BCUT2D eigenvalue weighted by molar-refractivity contribution is 6.15. The summed E-state index contributed by atoms with van der Waals surface area (Å²) in [5, 5.41) is 12.6. The van der Waals surface area contributed by atoms with Gasteiger partial charge in [-0.05, 0) is 11.6 Å². The van der Waals surface area contributed by atoms with Crippen LogP contribution in [0.3, 0.4) is 0 Å². The molecule has 0 saturated carbocycles. The Kier molecular flexibility index (Phi) is 2.77. The van der Waals surface area contributed by atoms with Gasteiger partial charge < -0.3 is 10.7 Å². The molecule has 2 heterocycles. The summed E-state index contributed by atoms with van der Waals surface area (Å²) >= 11 is 0. The molecule has 0 fully saturated rings. The quantitative estimate of drug-likeness (QED) is 0.434. The first kappa shape index (κ1) is 13.3.